The number of allylic oxidation sites excluding steroid dienone is 2. The van der Waals surface area contributed by atoms with Crippen molar-refractivity contribution in [2.45, 2.75) is 39.7 Å². The van der Waals surface area contributed by atoms with Gasteiger partial charge in [-0.25, -0.2) is 4.68 Å². The highest BCUT2D eigenvalue weighted by Gasteiger charge is 2.42. The number of benzene rings is 2. The van der Waals surface area contributed by atoms with Crippen molar-refractivity contribution in [1.82, 2.24) is 14.8 Å². The second kappa shape index (κ2) is 8.09. The number of carbonyl (C=O) groups is 1. The van der Waals surface area contributed by atoms with Crippen LogP contribution in [0.1, 0.15) is 45.2 Å². The summed E-state index contributed by atoms with van der Waals surface area (Å²) >= 11 is 0. The third-order valence-electron chi connectivity index (χ3n) is 6.15. The van der Waals surface area contributed by atoms with Crippen LogP contribution in [0.3, 0.4) is 0 Å². The van der Waals surface area contributed by atoms with E-state index in [0.717, 1.165) is 17.0 Å². The number of ether oxygens (including phenoxy) is 1. The number of nitro benzene ring substituents is 1. The molecule has 0 saturated heterocycles. The van der Waals surface area contributed by atoms with E-state index >= 15 is 0 Å². The van der Waals surface area contributed by atoms with E-state index in [4.69, 9.17) is 9.84 Å². The van der Waals surface area contributed by atoms with Crippen molar-refractivity contribution >= 4 is 17.4 Å². The normalized spacial score (nSPS) is 18.7. The molecule has 2 heterocycles. The third kappa shape index (κ3) is 3.83. The monoisotopic (exact) mass is 459 g/mol. The molecule has 9 nitrogen and oxygen atoms in total. The average Bonchev–Trinajstić information content (AvgIpc) is 3.21. The maximum absolute atomic E-state index is 13.3. The molecule has 3 aromatic rings. The van der Waals surface area contributed by atoms with Gasteiger partial charge in [-0.15, -0.1) is 5.10 Å². The van der Waals surface area contributed by atoms with Gasteiger partial charge in [-0.1, -0.05) is 38.1 Å². The summed E-state index contributed by atoms with van der Waals surface area (Å²) in [6.45, 7) is 6.65. The van der Waals surface area contributed by atoms with E-state index in [1.165, 1.54) is 12.1 Å². The zero-order chi connectivity index (χ0) is 24.0. The lowest BCUT2D eigenvalue weighted by atomic mass is 9.73. The zero-order valence-electron chi connectivity index (χ0n) is 19.2. The first-order chi connectivity index (χ1) is 16.3. The van der Waals surface area contributed by atoms with E-state index in [2.05, 4.69) is 24.1 Å². The number of rotatable bonds is 5. The second-order valence-corrected chi connectivity index (χ2v) is 9.37. The smallest absolute Gasteiger partial charge is 0.270 e. The average molecular weight is 460 g/mol. The molecule has 1 unspecified atom stereocenters. The number of nitrogens with zero attached hydrogens (tertiary/aromatic N) is 4. The molecule has 174 valence electrons. The maximum Gasteiger partial charge on any atom is 0.270 e. The van der Waals surface area contributed by atoms with Crippen LogP contribution < -0.4 is 10.1 Å². The number of hydrogen-bond donors (Lipinski definition) is 1. The third-order valence-corrected chi connectivity index (χ3v) is 6.15. The van der Waals surface area contributed by atoms with Gasteiger partial charge in [0.05, 0.1) is 11.5 Å². The van der Waals surface area contributed by atoms with Crippen LogP contribution >= 0.6 is 0 Å². The standard InChI is InChI=1S/C25H25N5O4/c1-4-34-18-10-8-15(9-11-18)22-21-19(13-25(2,3)14-20(21)31)26-24-27-23(28-29(22)24)16-6-5-7-17(12-16)30(32)33/h5-12,22H,4,13-14H2,1-3H3,(H,26,27,28). The number of anilines is 1. The highest BCUT2D eigenvalue weighted by molar-refractivity contribution is 6.00. The van der Waals surface area contributed by atoms with Crippen LogP contribution in [-0.4, -0.2) is 32.1 Å². The summed E-state index contributed by atoms with van der Waals surface area (Å²) in [5, 5.41) is 19.3. The first-order valence-electron chi connectivity index (χ1n) is 11.2. The van der Waals surface area contributed by atoms with Gasteiger partial charge >= 0.3 is 0 Å². The quantitative estimate of drug-likeness (QED) is 0.426. The lowest BCUT2D eigenvalue weighted by molar-refractivity contribution is -0.384. The van der Waals surface area contributed by atoms with Crippen molar-refractivity contribution in [2.75, 3.05) is 11.9 Å². The van der Waals surface area contributed by atoms with Crippen molar-refractivity contribution in [3.05, 3.63) is 75.5 Å². The van der Waals surface area contributed by atoms with Crippen molar-refractivity contribution in [3.8, 4) is 17.1 Å². The number of ketones is 1. The van der Waals surface area contributed by atoms with Crippen LogP contribution in [0.5, 0.6) is 5.75 Å². The van der Waals surface area contributed by atoms with Crippen molar-refractivity contribution < 1.29 is 14.5 Å². The maximum atomic E-state index is 13.3. The zero-order valence-corrected chi connectivity index (χ0v) is 19.2. The lowest BCUT2D eigenvalue weighted by Gasteiger charge is -2.38. The molecule has 0 fully saturated rings. The number of fused-ring (bicyclic) bond motifs is 1. The number of non-ortho nitro benzene ring substituents is 1. The van der Waals surface area contributed by atoms with E-state index in [0.29, 0.717) is 42.4 Å². The largest absolute Gasteiger partial charge is 0.494 e. The SMILES string of the molecule is CCOc1ccc(C2C3=C(CC(C)(C)CC3=O)Nc3nc(-c4cccc([N+](=O)[O-])c4)nn32)cc1. The Bertz CT molecular complexity index is 1320. The fourth-order valence-electron chi connectivity index (χ4n) is 4.71. The minimum Gasteiger partial charge on any atom is -0.494 e. The summed E-state index contributed by atoms with van der Waals surface area (Å²) in [4.78, 5) is 28.8. The van der Waals surface area contributed by atoms with Crippen LogP contribution in [-0.2, 0) is 4.79 Å². The van der Waals surface area contributed by atoms with Gasteiger partial charge in [0, 0.05) is 35.4 Å². The molecule has 1 aliphatic heterocycles. The van der Waals surface area contributed by atoms with Crippen LogP contribution in [0, 0.1) is 15.5 Å². The molecule has 0 bridgehead atoms. The van der Waals surface area contributed by atoms with Crippen LogP contribution in [0.4, 0.5) is 11.6 Å². The number of nitrogens with one attached hydrogen (secondary N) is 1. The predicted octanol–water partition coefficient (Wildman–Crippen LogP) is 4.91. The lowest BCUT2D eigenvalue weighted by Crippen LogP contribution is -2.36. The second-order valence-electron chi connectivity index (χ2n) is 9.37. The minimum atomic E-state index is -0.453. The van der Waals surface area contributed by atoms with Crippen LogP contribution in [0.25, 0.3) is 11.4 Å². The van der Waals surface area contributed by atoms with Crippen LogP contribution in [0.2, 0.25) is 0 Å². The molecule has 2 aliphatic rings. The van der Waals surface area contributed by atoms with E-state index in [-0.39, 0.29) is 16.9 Å². The van der Waals surface area contributed by atoms with Gasteiger partial charge in [0.25, 0.3) is 5.69 Å². The van der Waals surface area contributed by atoms with Crippen molar-refractivity contribution in [2.24, 2.45) is 5.41 Å². The van der Waals surface area contributed by atoms with Gasteiger partial charge in [0.1, 0.15) is 11.8 Å². The van der Waals surface area contributed by atoms with Crippen molar-refractivity contribution in [3.63, 3.8) is 0 Å². The summed E-state index contributed by atoms with van der Waals surface area (Å²) in [7, 11) is 0. The predicted molar refractivity (Wildman–Crippen MR) is 127 cm³/mol. The Kier molecular flexibility index (Phi) is 5.19. The molecular formula is C25H25N5O4. The van der Waals surface area contributed by atoms with Crippen molar-refractivity contribution in [1.29, 1.82) is 0 Å². The fourth-order valence-corrected chi connectivity index (χ4v) is 4.71. The molecule has 1 N–H and O–H groups in total. The Balaban J connectivity index is 1.63. The topological polar surface area (TPSA) is 112 Å². The Hall–Kier alpha value is -4.01. The minimum absolute atomic E-state index is 0.0318. The summed E-state index contributed by atoms with van der Waals surface area (Å²) < 4.78 is 7.29. The fraction of sp³-hybridized carbons (Fsp3) is 0.320. The molecule has 2 aromatic carbocycles. The van der Waals surface area contributed by atoms with E-state index < -0.39 is 11.0 Å². The first kappa shape index (κ1) is 21.8. The number of hydrogen-bond acceptors (Lipinski definition) is 7. The molecule has 34 heavy (non-hydrogen) atoms. The number of nitro groups is 1. The first-order valence-corrected chi connectivity index (χ1v) is 11.2. The van der Waals surface area contributed by atoms with E-state index in [1.807, 2.05) is 31.2 Å². The number of carbonyl (C=O) groups excluding carboxylic acids is 1. The Labute approximate surface area is 196 Å². The molecule has 1 aliphatic carbocycles. The Morgan fingerprint density at radius 3 is 2.68 bits per heavy atom. The summed E-state index contributed by atoms with van der Waals surface area (Å²) in [5.74, 6) is 1.69. The Morgan fingerprint density at radius 2 is 1.97 bits per heavy atom. The molecule has 1 aromatic heterocycles. The summed E-state index contributed by atoms with van der Waals surface area (Å²) in [6.07, 6.45) is 1.16. The highest BCUT2D eigenvalue weighted by atomic mass is 16.6. The summed E-state index contributed by atoms with van der Waals surface area (Å²) in [6, 6.07) is 13.4. The van der Waals surface area contributed by atoms with E-state index in [1.54, 1.807) is 16.8 Å². The molecule has 0 spiro atoms. The van der Waals surface area contributed by atoms with Gasteiger partial charge in [-0.3, -0.25) is 14.9 Å². The summed E-state index contributed by atoms with van der Waals surface area (Å²) in [5.41, 5.74) is 2.76. The van der Waals surface area contributed by atoms with Gasteiger partial charge < -0.3 is 10.1 Å². The molecule has 0 amide bonds. The van der Waals surface area contributed by atoms with Gasteiger partial charge in [-0.2, -0.15) is 4.98 Å². The van der Waals surface area contributed by atoms with E-state index in [9.17, 15) is 14.9 Å². The molecule has 9 heteroatoms. The number of aromatic nitrogens is 3. The van der Waals surface area contributed by atoms with Gasteiger partial charge in [-0.05, 0) is 36.5 Å². The number of Topliss-reactive ketones (excluding diaryl/α,β-unsaturated/α-hetero) is 1. The molecule has 1 atom stereocenters. The molecule has 5 rings (SSSR count). The highest BCUT2D eigenvalue weighted by Crippen LogP contribution is 2.45. The molecule has 0 radical (unpaired) electrons. The molecular weight excluding hydrogens is 434 g/mol. The van der Waals surface area contributed by atoms with Crippen LogP contribution in [0.15, 0.2) is 59.8 Å². The molecule has 0 saturated carbocycles. The van der Waals surface area contributed by atoms with Gasteiger partial charge in [0.2, 0.25) is 5.95 Å². The van der Waals surface area contributed by atoms with Gasteiger partial charge in [0.15, 0.2) is 11.6 Å². The Morgan fingerprint density at radius 1 is 1.21 bits per heavy atom.